The summed E-state index contributed by atoms with van der Waals surface area (Å²) in [4.78, 5) is 15.0. The number of piperidine rings is 1. The summed E-state index contributed by atoms with van der Waals surface area (Å²) in [6.45, 7) is 2.21. The van der Waals surface area contributed by atoms with Crippen molar-refractivity contribution >= 4 is 21.8 Å². The molecule has 6 heteroatoms. The molecule has 0 aliphatic carbocycles. The van der Waals surface area contributed by atoms with E-state index in [9.17, 15) is 9.18 Å². The van der Waals surface area contributed by atoms with Gasteiger partial charge in [-0.05, 0) is 74.7 Å². The molecule has 1 amide bonds. The molecule has 27 heavy (non-hydrogen) atoms. The second-order valence-electron chi connectivity index (χ2n) is 7.23. The Morgan fingerprint density at radius 1 is 1.15 bits per heavy atom. The topological polar surface area (TPSA) is 41.6 Å². The van der Waals surface area contributed by atoms with Crippen molar-refractivity contribution in [2.75, 3.05) is 13.1 Å². The first-order valence-electron chi connectivity index (χ1n) is 9.36. The van der Waals surface area contributed by atoms with Crippen LogP contribution in [0.4, 0.5) is 4.39 Å². The molecule has 2 fully saturated rings. The van der Waals surface area contributed by atoms with E-state index in [4.69, 9.17) is 4.74 Å². The largest absolute Gasteiger partial charge is 0.454 e. The fourth-order valence-electron chi connectivity index (χ4n) is 3.98. The number of rotatable bonds is 4. The third kappa shape index (κ3) is 4.33. The molecular weight excluding hydrogens is 411 g/mol. The van der Waals surface area contributed by atoms with Crippen molar-refractivity contribution in [3.63, 3.8) is 0 Å². The minimum absolute atomic E-state index is 0.105. The van der Waals surface area contributed by atoms with Gasteiger partial charge in [-0.1, -0.05) is 15.9 Å². The van der Waals surface area contributed by atoms with Crippen LogP contribution in [0.3, 0.4) is 0 Å². The SMILES string of the molecule is O=C(N[C@H]1CCN2CCC[C@H]2C1)c1ccc(Oc2ccc(Br)cc2)c(F)c1. The third-order valence-electron chi connectivity index (χ3n) is 5.39. The van der Waals surface area contributed by atoms with E-state index < -0.39 is 5.82 Å². The summed E-state index contributed by atoms with van der Waals surface area (Å²) in [5, 5.41) is 3.07. The minimum Gasteiger partial charge on any atom is -0.454 e. The van der Waals surface area contributed by atoms with Gasteiger partial charge in [0.1, 0.15) is 5.75 Å². The third-order valence-corrected chi connectivity index (χ3v) is 5.92. The number of nitrogens with one attached hydrogen (secondary N) is 1. The van der Waals surface area contributed by atoms with Gasteiger partial charge in [0.05, 0.1) is 0 Å². The zero-order valence-electron chi connectivity index (χ0n) is 15.0. The Labute approximate surface area is 166 Å². The van der Waals surface area contributed by atoms with Crippen LogP contribution in [-0.2, 0) is 0 Å². The highest BCUT2D eigenvalue weighted by Gasteiger charge is 2.32. The van der Waals surface area contributed by atoms with Crippen molar-refractivity contribution in [1.82, 2.24) is 10.2 Å². The number of hydrogen-bond donors (Lipinski definition) is 1. The number of halogens is 2. The van der Waals surface area contributed by atoms with E-state index in [1.54, 1.807) is 18.2 Å². The maximum atomic E-state index is 14.4. The van der Waals surface area contributed by atoms with Crippen molar-refractivity contribution in [3.8, 4) is 11.5 Å². The smallest absolute Gasteiger partial charge is 0.251 e. The van der Waals surface area contributed by atoms with E-state index in [1.807, 2.05) is 12.1 Å². The quantitative estimate of drug-likeness (QED) is 0.758. The molecule has 0 aromatic heterocycles. The van der Waals surface area contributed by atoms with Gasteiger partial charge in [0.25, 0.3) is 5.91 Å². The maximum Gasteiger partial charge on any atom is 0.251 e. The number of carbonyl (C=O) groups excluding carboxylic acids is 1. The van der Waals surface area contributed by atoms with Crippen LogP contribution in [0.2, 0.25) is 0 Å². The molecule has 4 rings (SSSR count). The van der Waals surface area contributed by atoms with Crippen LogP contribution in [0.1, 0.15) is 36.0 Å². The molecule has 2 aromatic carbocycles. The van der Waals surface area contributed by atoms with E-state index in [0.29, 0.717) is 17.4 Å². The molecule has 4 nitrogen and oxygen atoms in total. The second kappa shape index (κ2) is 7.98. The van der Waals surface area contributed by atoms with Crippen LogP contribution in [-0.4, -0.2) is 36.0 Å². The average Bonchev–Trinajstić information content (AvgIpc) is 3.13. The highest BCUT2D eigenvalue weighted by molar-refractivity contribution is 9.10. The van der Waals surface area contributed by atoms with E-state index >= 15 is 0 Å². The van der Waals surface area contributed by atoms with E-state index in [2.05, 4.69) is 26.1 Å². The average molecular weight is 433 g/mol. The summed E-state index contributed by atoms with van der Waals surface area (Å²) in [7, 11) is 0. The number of ether oxygens (including phenoxy) is 1. The number of benzene rings is 2. The predicted octanol–water partition coefficient (Wildman–Crippen LogP) is 4.74. The van der Waals surface area contributed by atoms with Gasteiger partial charge in [0.2, 0.25) is 0 Å². The molecule has 2 aliphatic heterocycles. The fraction of sp³-hybridized carbons (Fsp3) is 0.381. The van der Waals surface area contributed by atoms with Gasteiger partial charge in [-0.15, -0.1) is 0 Å². The lowest BCUT2D eigenvalue weighted by atomic mass is 9.97. The standard InChI is InChI=1S/C21H22BrFN2O2/c22-15-4-6-18(7-5-15)27-20-8-3-14(12-19(20)23)21(26)24-16-9-11-25-10-1-2-17(25)13-16/h3-8,12,16-17H,1-2,9-11,13H2,(H,24,26)/t16-,17-/m0/s1. The Morgan fingerprint density at radius 3 is 2.74 bits per heavy atom. The monoisotopic (exact) mass is 432 g/mol. The predicted molar refractivity (Wildman–Crippen MR) is 106 cm³/mol. The highest BCUT2D eigenvalue weighted by atomic mass is 79.9. The summed E-state index contributed by atoms with van der Waals surface area (Å²) < 4.78 is 20.9. The van der Waals surface area contributed by atoms with Gasteiger partial charge in [0.15, 0.2) is 11.6 Å². The molecule has 0 unspecified atom stereocenters. The Bertz CT molecular complexity index is 827. The van der Waals surface area contributed by atoms with Crippen molar-refractivity contribution in [1.29, 1.82) is 0 Å². The van der Waals surface area contributed by atoms with Gasteiger partial charge in [0, 0.05) is 28.7 Å². The number of hydrogen-bond acceptors (Lipinski definition) is 3. The first kappa shape index (κ1) is 18.4. The van der Waals surface area contributed by atoms with E-state index in [0.717, 1.165) is 23.9 Å². The van der Waals surface area contributed by atoms with E-state index in [1.165, 1.54) is 31.5 Å². The Hall–Kier alpha value is -1.92. The lowest BCUT2D eigenvalue weighted by Crippen LogP contribution is -2.47. The molecule has 0 spiro atoms. The molecule has 0 bridgehead atoms. The van der Waals surface area contributed by atoms with Gasteiger partial charge < -0.3 is 15.0 Å². The summed E-state index contributed by atoms with van der Waals surface area (Å²) >= 11 is 3.35. The molecule has 2 saturated heterocycles. The first-order valence-corrected chi connectivity index (χ1v) is 10.2. The van der Waals surface area contributed by atoms with Crippen molar-refractivity contribution in [3.05, 3.63) is 58.3 Å². The first-order chi connectivity index (χ1) is 13.1. The van der Waals surface area contributed by atoms with Gasteiger partial charge in [-0.25, -0.2) is 4.39 Å². The molecule has 2 heterocycles. The Balaban J connectivity index is 1.39. The van der Waals surface area contributed by atoms with E-state index in [-0.39, 0.29) is 17.7 Å². The number of carbonyl (C=O) groups is 1. The minimum atomic E-state index is -0.545. The molecule has 2 atom stereocenters. The Morgan fingerprint density at radius 2 is 1.96 bits per heavy atom. The van der Waals surface area contributed by atoms with Crippen molar-refractivity contribution < 1.29 is 13.9 Å². The molecule has 142 valence electrons. The number of fused-ring (bicyclic) bond motifs is 1. The van der Waals surface area contributed by atoms with Gasteiger partial charge in [-0.3, -0.25) is 4.79 Å². The summed E-state index contributed by atoms with van der Waals surface area (Å²) in [5.74, 6) is -0.123. The van der Waals surface area contributed by atoms with Crippen LogP contribution >= 0.6 is 15.9 Å². The van der Waals surface area contributed by atoms with Crippen LogP contribution in [0.15, 0.2) is 46.9 Å². The number of nitrogens with zero attached hydrogens (tertiary/aromatic N) is 1. The fourth-order valence-corrected chi connectivity index (χ4v) is 4.24. The van der Waals surface area contributed by atoms with Crippen molar-refractivity contribution in [2.24, 2.45) is 0 Å². The van der Waals surface area contributed by atoms with Crippen LogP contribution in [0.25, 0.3) is 0 Å². The molecule has 0 radical (unpaired) electrons. The normalized spacial score (nSPS) is 22.3. The van der Waals surface area contributed by atoms with Crippen LogP contribution in [0.5, 0.6) is 11.5 Å². The molecular formula is C21H22BrFN2O2. The zero-order chi connectivity index (χ0) is 18.8. The maximum absolute atomic E-state index is 14.4. The van der Waals surface area contributed by atoms with Crippen LogP contribution in [0, 0.1) is 5.82 Å². The summed E-state index contributed by atoms with van der Waals surface area (Å²) in [6.07, 6.45) is 4.40. The van der Waals surface area contributed by atoms with Gasteiger partial charge >= 0.3 is 0 Å². The van der Waals surface area contributed by atoms with Crippen LogP contribution < -0.4 is 10.1 Å². The molecule has 2 aromatic rings. The van der Waals surface area contributed by atoms with Gasteiger partial charge in [-0.2, -0.15) is 0 Å². The molecule has 1 N–H and O–H groups in total. The lowest BCUT2D eigenvalue weighted by Gasteiger charge is -2.35. The van der Waals surface area contributed by atoms with Crippen molar-refractivity contribution in [2.45, 2.75) is 37.8 Å². The number of amides is 1. The lowest BCUT2D eigenvalue weighted by molar-refractivity contribution is 0.0895. The zero-order valence-corrected chi connectivity index (χ0v) is 16.5. The highest BCUT2D eigenvalue weighted by Crippen LogP contribution is 2.28. The Kier molecular flexibility index (Phi) is 5.45. The summed E-state index contributed by atoms with van der Waals surface area (Å²) in [5.41, 5.74) is 0.324. The second-order valence-corrected chi connectivity index (χ2v) is 8.14. The molecule has 0 saturated carbocycles. The summed E-state index contributed by atoms with van der Waals surface area (Å²) in [6, 6.07) is 12.3. The molecule has 2 aliphatic rings.